The predicted octanol–water partition coefficient (Wildman–Crippen LogP) is 3.39. The molecule has 0 bridgehead atoms. The zero-order chi connectivity index (χ0) is 13.7. The SMILES string of the molecule is CNC(CN(C)c1ccccc1)c1ccccc1C. The Morgan fingerprint density at radius 2 is 1.63 bits per heavy atom. The second-order valence-corrected chi connectivity index (χ2v) is 4.91. The minimum atomic E-state index is 0.339. The highest BCUT2D eigenvalue weighted by atomic mass is 15.1. The number of nitrogens with zero attached hydrogens (tertiary/aromatic N) is 1. The number of para-hydroxylation sites is 1. The largest absolute Gasteiger partial charge is 0.373 e. The van der Waals surface area contributed by atoms with Crippen molar-refractivity contribution in [2.75, 3.05) is 25.5 Å². The van der Waals surface area contributed by atoms with Crippen LogP contribution in [0.3, 0.4) is 0 Å². The normalized spacial score (nSPS) is 12.2. The molecule has 100 valence electrons. The topological polar surface area (TPSA) is 15.3 Å². The fraction of sp³-hybridized carbons (Fsp3) is 0.294. The second kappa shape index (κ2) is 6.39. The van der Waals surface area contributed by atoms with E-state index in [9.17, 15) is 0 Å². The molecule has 0 amide bonds. The Bertz CT molecular complexity index is 508. The number of rotatable bonds is 5. The van der Waals surface area contributed by atoms with Gasteiger partial charge in [0.05, 0.1) is 0 Å². The van der Waals surface area contributed by atoms with Gasteiger partial charge in [-0.1, -0.05) is 42.5 Å². The summed E-state index contributed by atoms with van der Waals surface area (Å²) in [4.78, 5) is 2.29. The zero-order valence-electron chi connectivity index (χ0n) is 11.9. The molecule has 2 aromatic rings. The van der Waals surface area contributed by atoms with E-state index in [1.54, 1.807) is 0 Å². The number of hydrogen-bond donors (Lipinski definition) is 1. The Morgan fingerprint density at radius 3 is 2.26 bits per heavy atom. The smallest absolute Gasteiger partial charge is 0.0498 e. The highest BCUT2D eigenvalue weighted by Crippen LogP contribution is 2.20. The Morgan fingerprint density at radius 1 is 1.00 bits per heavy atom. The van der Waals surface area contributed by atoms with Gasteiger partial charge in [0.2, 0.25) is 0 Å². The van der Waals surface area contributed by atoms with Gasteiger partial charge in [-0.25, -0.2) is 0 Å². The highest BCUT2D eigenvalue weighted by Gasteiger charge is 2.13. The summed E-state index contributed by atoms with van der Waals surface area (Å²) in [6.07, 6.45) is 0. The lowest BCUT2D eigenvalue weighted by Gasteiger charge is -2.27. The van der Waals surface area contributed by atoms with E-state index in [0.29, 0.717) is 6.04 Å². The summed E-state index contributed by atoms with van der Waals surface area (Å²) in [6, 6.07) is 19.4. The molecule has 2 nitrogen and oxygen atoms in total. The van der Waals surface area contributed by atoms with Crippen molar-refractivity contribution in [1.29, 1.82) is 0 Å². The average Bonchev–Trinajstić information content (AvgIpc) is 2.46. The average molecular weight is 254 g/mol. The molecule has 2 heteroatoms. The molecular weight excluding hydrogens is 232 g/mol. The third-order valence-corrected chi connectivity index (χ3v) is 3.57. The first-order chi connectivity index (χ1) is 9.22. The van der Waals surface area contributed by atoms with Gasteiger partial charge in [-0.2, -0.15) is 0 Å². The van der Waals surface area contributed by atoms with E-state index in [1.165, 1.54) is 16.8 Å². The van der Waals surface area contributed by atoms with E-state index >= 15 is 0 Å². The monoisotopic (exact) mass is 254 g/mol. The van der Waals surface area contributed by atoms with Crippen molar-refractivity contribution in [3.63, 3.8) is 0 Å². The lowest BCUT2D eigenvalue weighted by Crippen LogP contribution is -2.31. The standard InChI is InChI=1S/C17H22N2/c1-14-9-7-8-12-16(14)17(18-2)13-19(3)15-10-5-4-6-11-15/h4-12,17-18H,13H2,1-3H3. The maximum Gasteiger partial charge on any atom is 0.0498 e. The van der Waals surface area contributed by atoms with E-state index < -0.39 is 0 Å². The van der Waals surface area contributed by atoms with Gasteiger partial charge in [0.25, 0.3) is 0 Å². The van der Waals surface area contributed by atoms with Crippen LogP contribution < -0.4 is 10.2 Å². The Balaban J connectivity index is 2.14. The summed E-state index contributed by atoms with van der Waals surface area (Å²) < 4.78 is 0. The second-order valence-electron chi connectivity index (χ2n) is 4.91. The van der Waals surface area contributed by atoms with Crippen LogP contribution >= 0.6 is 0 Å². The Kier molecular flexibility index (Phi) is 4.58. The van der Waals surface area contributed by atoms with Crippen LogP contribution in [-0.2, 0) is 0 Å². The number of anilines is 1. The summed E-state index contributed by atoms with van der Waals surface area (Å²) in [7, 11) is 4.16. The summed E-state index contributed by atoms with van der Waals surface area (Å²) in [5, 5.41) is 3.42. The molecule has 0 radical (unpaired) electrons. The van der Waals surface area contributed by atoms with E-state index in [4.69, 9.17) is 0 Å². The molecule has 0 spiro atoms. The lowest BCUT2D eigenvalue weighted by molar-refractivity contribution is 0.587. The molecule has 19 heavy (non-hydrogen) atoms. The molecule has 2 aromatic carbocycles. The Labute approximate surface area is 116 Å². The van der Waals surface area contributed by atoms with Gasteiger partial charge >= 0.3 is 0 Å². The van der Waals surface area contributed by atoms with E-state index in [1.807, 2.05) is 13.1 Å². The summed E-state index contributed by atoms with van der Waals surface area (Å²) in [5.41, 5.74) is 3.95. The molecule has 0 aromatic heterocycles. The fourth-order valence-electron chi connectivity index (χ4n) is 2.38. The molecule has 0 aliphatic rings. The van der Waals surface area contributed by atoms with Crippen LogP contribution in [0.5, 0.6) is 0 Å². The van der Waals surface area contributed by atoms with Gasteiger partial charge in [-0.05, 0) is 37.2 Å². The van der Waals surface area contributed by atoms with Crippen LogP contribution in [0, 0.1) is 6.92 Å². The van der Waals surface area contributed by atoms with Crippen LogP contribution in [-0.4, -0.2) is 20.6 Å². The summed E-state index contributed by atoms with van der Waals surface area (Å²) in [5.74, 6) is 0. The van der Waals surface area contributed by atoms with Crippen LogP contribution in [0.2, 0.25) is 0 Å². The van der Waals surface area contributed by atoms with Crippen molar-refractivity contribution in [2.45, 2.75) is 13.0 Å². The van der Waals surface area contributed by atoms with Gasteiger partial charge in [0.15, 0.2) is 0 Å². The molecule has 1 unspecified atom stereocenters. The number of likely N-dealkylation sites (N-methyl/N-ethyl adjacent to an activating group) is 2. The molecule has 0 saturated heterocycles. The van der Waals surface area contributed by atoms with Crippen molar-refractivity contribution >= 4 is 5.69 Å². The van der Waals surface area contributed by atoms with Crippen LogP contribution in [0.15, 0.2) is 54.6 Å². The molecule has 1 atom stereocenters. The molecule has 1 N–H and O–H groups in total. The quantitative estimate of drug-likeness (QED) is 0.880. The number of hydrogen-bond acceptors (Lipinski definition) is 2. The number of nitrogens with one attached hydrogen (secondary N) is 1. The van der Waals surface area contributed by atoms with Crippen molar-refractivity contribution in [2.24, 2.45) is 0 Å². The molecule has 2 rings (SSSR count). The molecule has 0 fully saturated rings. The van der Waals surface area contributed by atoms with E-state index in [-0.39, 0.29) is 0 Å². The third-order valence-electron chi connectivity index (χ3n) is 3.57. The van der Waals surface area contributed by atoms with Gasteiger partial charge in [-0.3, -0.25) is 0 Å². The minimum absolute atomic E-state index is 0.339. The maximum absolute atomic E-state index is 3.42. The maximum atomic E-state index is 3.42. The molecule has 0 saturated carbocycles. The first kappa shape index (κ1) is 13.6. The first-order valence-corrected chi connectivity index (χ1v) is 6.71. The molecule has 0 aliphatic carbocycles. The van der Waals surface area contributed by atoms with Crippen molar-refractivity contribution in [3.8, 4) is 0 Å². The predicted molar refractivity (Wildman–Crippen MR) is 82.7 cm³/mol. The molecule has 0 aliphatic heterocycles. The van der Waals surface area contributed by atoms with Gasteiger partial charge in [-0.15, -0.1) is 0 Å². The minimum Gasteiger partial charge on any atom is -0.373 e. The van der Waals surface area contributed by atoms with E-state index in [0.717, 1.165) is 6.54 Å². The molecule has 0 heterocycles. The van der Waals surface area contributed by atoms with Crippen LogP contribution in [0.1, 0.15) is 17.2 Å². The van der Waals surface area contributed by atoms with Crippen LogP contribution in [0.4, 0.5) is 5.69 Å². The van der Waals surface area contributed by atoms with Crippen molar-refractivity contribution in [3.05, 3.63) is 65.7 Å². The molecular formula is C17H22N2. The van der Waals surface area contributed by atoms with Gasteiger partial charge < -0.3 is 10.2 Å². The van der Waals surface area contributed by atoms with E-state index in [2.05, 4.69) is 72.7 Å². The number of aryl methyl sites for hydroxylation is 1. The highest BCUT2D eigenvalue weighted by molar-refractivity contribution is 5.45. The van der Waals surface area contributed by atoms with Crippen LogP contribution in [0.25, 0.3) is 0 Å². The summed E-state index contributed by atoms with van der Waals surface area (Å²) in [6.45, 7) is 3.12. The first-order valence-electron chi connectivity index (χ1n) is 6.71. The fourth-order valence-corrected chi connectivity index (χ4v) is 2.38. The van der Waals surface area contributed by atoms with Crippen molar-refractivity contribution < 1.29 is 0 Å². The van der Waals surface area contributed by atoms with Gasteiger partial charge in [0.1, 0.15) is 0 Å². The Hall–Kier alpha value is -1.80. The third kappa shape index (κ3) is 3.36. The lowest BCUT2D eigenvalue weighted by atomic mass is 10.0. The zero-order valence-corrected chi connectivity index (χ0v) is 11.9. The summed E-state index contributed by atoms with van der Waals surface area (Å²) >= 11 is 0. The number of benzene rings is 2. The van der Waals surface area contributed by atoms with Gasteiger partial charge in [0, 0.05) is 25.3 Å². The van der Waals surface area contributed by atoms with Crippen molar-refractivity contribution in [1.82, 2.24) is 5.32 Å².